The Balaban J connectivity index is 1.97. The van der Waals surface area contributed by atoms with Crippen molar-refractivity contribution in [3.05, 3.63) is 46.7 Å². The van der Waals surface area contributed by atoms with Crippen molar-refractivity contribution in [3.8, 4) is 0 Å². The Kier molecular flexibility index (Phi) is 2.48. The second-order valence-corrected chi connectivity index (χ2v) is 4.37. The Morgan fingerprint density at radius 1 is 1.21 bits per heavy atom. The molecule has 1 heterocycles. The van der Waals surface area contributed by atoms with Crippen molar-refractivity contribution >= 4 is 17.5 Å². The predicted octanol–water partition coefficient (Wildman–Crippen LogP) is 1.63. The van der Waals surface area contributed by atoms with Gasteiger partial charge in [-0.2, -0.15) is 0 Å². The first kappa shape index (κ1) is 11.6. The van der Waals surface area contributed by atoms with E-state index in [1.807, 2.05) is 0 Å². The lowest BCUT2D eigenvalue weighted by Crippen LogP contribution is -2.19. The molecule has 3 rings (SSSR count). The number of carbonyl (C=O) groups is 3. The van der Waals surface area contributed by atoms with Crippen molar-refractivity contribution in [1.82, 2.24) is 0 Å². The van der Waals surface area contributed by atoms with E-state index in [0.29, 0.717) is 11.1 Å². The molecular weight excluding hydrogens is 248 g/mol. The third kappa shape index (κ3) is 1.74. The SMILES string of the molecule is CC(=O)OC1CC2=C(O1)C(=O)c1ccccc1C2=O. The molecule has 96 valence electrons. The summed E-state index contributed by atoms with van der Waals surface area (Å²) in [5, 5.41) is 0. The Labute approximate surface area is 108 Å². The third-order valence-corrected chi connectivity index (χ3v) is 3.09. The van der Waals surface area contributed by atoms with Crippen LogP contribution in [-0.2, 0) is 14.3 Å². The lowest BCUT2D eigenvalue weighted by Gasteiger charge is -2.14. The summed E-state index contributed by atoms with van der Waals surface area (Å²) in [4.78, 5) is 35.3. The summed E-state index contributed by atoms with van der Waals surface area (Å²) < 4.78 is 10.2. The number of allylic oxidation sites excluding steroid dienone is 1. The van der Waals surface area contributed by atoms with Crippen LogP contribution in [0.3, 0.4) is 0 Å². The maximum absolute atomic E-state index is 12.2. The molecule has 1 atom stereocenters. The molecule has 0 bridgehead atoms. The minimum atomic E-state index is -0.885. The number of Topliss-reactive ketones (excluding diaryl/α,β-unsaturated/α-hetero) is 2. The number of ether oxygens (including phenoxy) is 2. The highest BCUT2D eigenvalue weighted by atomic mass is 16.7. The van der Waals surface area contributed by atoms with E-state index in [9.17, 15) is 14.4 Å². The second-order valence-electron chi connectivity index (χ2n) is 4.37. The maximum atomic E-state index is 12.2. The molecule has 0 spiro atoms. The molecule has 0 amide bonds. The van der Waals surface area contributed by atoms with Crippen LogP contribution >= 0.6 is 0 Å². The van der Waals surface area contributed by atoms with E-state index in [1.165, 1.54) is 6.92 Å². The molecule has 0 saturated heterocycles. The van der Waals surface area contributed by atoms with Gasteiger partial charge in [0.1, 0.15) is 0 Å². The highest BCUT2D eigenvalue weighted by molar-refractivity contribution is 6.26. The topological polar surface area (TPSA) is 69.7 Å². The molecule has 19 heavy (non-hydrogen) atoms. The minimum Gasteiger partial charge on any atom is -0.450 e. The summed E-state index contributed by atoms with van der Waals surface area (Å²) in [6, 6.07) is 6.59. The fourth-order valence-corrected chi connectivity index (χ4v) is 2.30. The normalized spacial score (nSPS) is 20.8. The number of esters is 1. The zero-order chi connectivity index (χ0) is 13.6. The van der Waals surface area contributed by atoms with Crippen LogP contribution < -0.4 is 0 Å². The van der Waals surface area contributed by atoms with E-state index in [0.717, 1.165) is 0 Å². The Morgan fingerprint density at radius 3 is 2.47 bits per heavy atom. The Hall–Kier alpha value is -2.43. The van der Waals surface area contributed by atoms with E-state index in [2.05, 4.69) is 0 Å². The first-order valence-corrected chi connectivity index (χ1v) is 5.83. The molecule has 0 N–H and O–H groups in total. The van der Waals surface area contributed by atoms with Crippen LogP contribution in [0.2, 0.25) is 0 Å². The fourth-order valence-electron chi connectivity index (χ4n) is 2.30. The van der Waals surface area contributed by atoms with Gasteiger partial charge in [-0.15, -0.1) is 0 Å². The Bertz CT molecular complexity index is 594. The number of fused-ring (bicyclic) bond motifs is 1. The van der Waals surface area contributed by atoms with Gasteiger partial charge in [0.05, 0.1) is 12.0 Å². The van der Waals surface area contributed by atoms with Crippen LogP contribution in [0.1, 0.15) is 34.1 Å². The molecule has 1 aliphatic heterocycles. The van der Waals surface area contributed by atoms with Crippen molar-refractivity contribution in [2.75, 3.05) is 0 Å². The largest absolute Gasteiger partial charge is 0.450 e. The smallest absolute Gasteiger partial charge is 0.305 e. The fraction of sp³-hybridized carbons (Fsp3) is 0.214. The molecule has 1 unspecified atom stereocenters. The van der Waals surface area contributed by atoms with Crippen LogP contribution in [0.4, 0.5) is 0 Å². The standard InChI is InChI=1S/C14H10O5/c1-7(15)18-11-6-10-12(16)8-4-2-3-5-9(8)13(17)14(10)19-11/h2-5,11H,6H2,1H3. The van der Waals surface area contributed by atoms with E-state index >= 15 is 0 Å². The van der Waals surface area contributed by atoms with Gasteiger partial charge < -0.3 is 9.47 Å². The van der Waals surface area contributed by atoms with Gasteiger partial charge in [-0.05, 0) is 0 Å². The Morgan fingerprint density at radius 2 is 1.84 bits per heavy atom. The van der Waals surface area contributed by atoms with E-state index in [1.54, 1.807) is 24.3 Å². The summed E-state index contributed by atoms with van der Waals surface area (Å²) in [5.41, 5.74) is 0.989. The molecule has 2 aliphatic rings. The highest BCUT2D eigenvalue weighted by Gasteiger charge is 2.41. The minimum absolute atomic E-state index is 0.00921. The van der Waals surface area contributed by atoms with Gasteiger partial charge >= 0.3 is 5.97 Å². The molecule has 5 nitrogen and oxygen atoms in total. The zero-order valence-corrected chi connectivity index (χ0v) is 10.1. The van der Waals surface area contributed by atoms with Crippen molar-refractivity contribution in [2.24, 2.45) is 0 Å². The van der Waals surface area contributed by atoms with Crippen molar-refractivity contribution in [1.29, 1.82) is 0 Å². The molecule has 1 aromatic carbocycles. The van der Waals surface area contributed by atoms with Crippen molar-refractivity contribution in [3.63, 3.8) is 0 Å². The van der Waals surface area contributed by atoms with Gasteiger partial charge in [-0.1, -0.05) is 24.3 Å². The lowest BCUT2D eigenvalue weighted by molar-refractivity contribution is -0.164. The van der Waals surface area contributed by atoms with Crippen LogP contribution in [0.5, 0.6) is 0 Å². The quantitative estimate of drug-likeness (QED) is 0.716. The average molecular weight is 258 g/mol. The summed E-state index contributed by atoms with van der Waals surface area (Å²) in [6.07, 6.45) is -0.766. The van der Waals surface area contributed by atoms with Gasteiger partial charge in [0.2, 0.25) is 12.1 Å². The van der Waals surface area contributed by atoms with Gasteiger partial charge in [0, 0.05) is 18.1 Å². The van der Waals surface area contributed by atoms with Gasteiger partial charge in [-0.25, -0.2) is 0 Å². The molecular formula is C14H10O5. The molecule has 5 heteroatoms. The third-order valence-electron chi connectivity index (χ3n) is 3.09. The first-order valence-electron chi connectivity index (χ1n) is 5.83. The molecule has 0 aromatic heterocycles. The average Bonchev–Trinajstić information content (AvgIpc) is 2.79. The number of hydrogen-bond acceptors (Lipinski definition) is 5. The summed E-state index contributed by atoms with van der Waals surface area (Å²) in [6.45, 7) is 1.25. The van der Waals surface area contributed by atoms with E-state index < -0.39 is 12.3 Å². The maximum Gasteiger partial charge on any atom is 0.305 e. The van der Waals surface area contributed by atoms with Crippen LogP contribution in [0, 0.1) is 0 Å². The van der Waals surface area contributed by atoms with E-state index in [-0.39, 0.29) is 29.3 Å². The molecule has 0 saturated carbocycles. The van der Waals surface area contributed by atoms with E-state index in [4.69, 9.17) is 9.47 Å². The molecule has 0 fully saturated rings. The number of hydrogen-bond donors (Lipinski definition) is 0. The van der Waals surface area contributed by atoms with Gasteiger partial charge in [0.15, 0.2) is 11.5 Å². The molecule has 0 radical (unpaired) electrons. The molecule has 1 aromatic rings. The number of benzene rings is 1. The summed E-state index contributed by atoms with van der Waals surface area (Å²) in [7, 11) is 0. The van der Waals surface area contributed by atoms with Gasteiger partial charge in [-0.3, -0.25) is 14.4 Å². The number of ketones is 2. The van der Waals surface area contributed by atoms with Crippen LogP contribution in [0.25, 0.3) is 0 Å². The van der Waals surface area contributed by atoms with Crippen LogP contribution in [-0.4, -0.2) is 23.8 Å². The van der Waals surface area contributed by atoms with Crippen molar-refractivity contribution < 1.29 is 23.9 Å². The number of carbonyl (C=O) groups excluding carboxylic acids is 3. The predicted molar refractivity (Wildman–Crippen MR) is 63.4 cm³/mol. The van der Waals surface area contributed by atoms with Crippen molar-refractivity contribution in [2.45, 2.75) is 19.6 Å². The van der Waals surface area contributed by atoms with Gasteiger partial charge in [0.25, 0.3) is 0 Å². The lowest BCUT2D eigenvalue weighted by atomic mass is 9.88. The number of rotatable bonds is 1. The first-order chi connectivity index (χ1) is 9.08. The second kappa shape index (κ2) is 4.05. The summed E-state index contributed by atoms with van der Waals surface area (Å²) >= 11 is 0. The monoisotopic (exact) mass is 258 g/mol. The summed E-state index contributed by atoms with van der Waals surface area (Å²) in [5.74, 6) is -1.07. The molecule has 1 aliphatic carbocycles. The zero-order valence-electron chi connectivity index (χ0n) is 10.1. The van der Waals surface area contributed by atoms with Crippen LogP contribution in [0.15, 0.2) is 35.6 Å². The highest BCUT2D eigenvalue weighted by Crippen LogP contribution is 2.35.